The van der Waals surface area contributed by atoms with Gasteiger partial charge in [-0.2, -0.15) is 0 Å². The van der Waals surface area contributed by atoms with Gasteiger partial charge in [0.2, 0.25) is 0 Å². The Hall–Kier alpha value is -8.92. The first-order chi connectivity index (χ1) is 37.3. The quantitative estimate of drug-likeness (QED) is 0.121. The molecule has 9 aromatic carbocycles. The summed E-state index contributed by atoms with van der Waals surface area (Å²) in [5.74, 6) is 0. The van der Waals surface area contributed by atoms with E-state index in [9.17, 15) is 0 Å². The largest absolute Gasteiger partial charge is 3.00 e. The third-order valence-corrected chi connectivity index (χ3v) is 13.4. The molecule has 12 aromatic rings. The van der Waals surface area contributed by atoms with Crippen LogP contribution >= 0.6 is 0 Å². The second-order valence-corrected chi connectivity index (χ2v) is 17.9. The first-order valence-corrected chi connectivity index (χ1v) is 24.3. The molecule has 0 atom stereocenters. The van der Waals surface area contributed by atoms with Gasteiger partial charge in [0, 0.05) is 22.7 Å². The van der Waals surface area contributed by atoms with Crippen LogP contribution in [0.5, 0.6) is 0 Å². The van der Waals surface area contributed by atoms with Crippen molar-refractivity contribution in [2.45, 2.75) is 6.85 Å². The molecule has 0 fully saturated rings. The van der Waals surface area contributed by atoms with E-state index in [0.29, 0.717) is 5.69 Å². The molecule has 0 N–H and O–H groups in total. The van der Waals surface area contributed by atoms with Crippen LogP contribution in [0.2, 0.25) is 0 Å². The molecule has 0 aliphatic heterocycles. The SMILES string of the molecule is [2H]C([2H])([2H])c1ccc(-c2[c-]cc(-c3ccccc3-c3cc(-c4ccccc4-c4c[c-]c(-c5ccccn5)cc4)cc(-c4ccccc4-c4c[c-]c(-c5ccccn5)cc4)c3)c(-c3ccc(-c4ccccc4)cc3)c2)nc1.[Ir+3]. The standard InChI is InChI=1S/C70H46N3.Ir/c1-48-25-40-70(73-47-48)56-38-39-66(67(46-56)53-28-26-50(27-29-53)49-15-3-2-4-16-49)65-22-10-9-21-64(65)59-44-57(62-19-7-5-17-60(62)51-30-34-54(35-31-51)68-23-11-13-41-71-68)43-58(45-59)63-20-8-6-18-61(63)52-32-36-55(37-33-52)69-24-12-14-42-72-69;/h2-34,36,39-47H,1H3;/q-3;+3/i1D3;. The van der Waals surface area contributed by atoms with Crippen LogP contribution in [0, 0.1) is 25.1 Å². The summed E-state index contributed by atoms with van der Waals surface area (Å²) < 4.78 is 23.9. The summed E-state index contributed by atoms with van der Waals surface area (Å²) in [6.07, 6.45) is 5.06. The molecule has 0 aliphatic rings. The number of hydrogen-bond donors (Lipinski definition) is 0. The number of pyridine rings is 3. The zero-order chi connectivity index (χ0) is 51.4. The van der Waals surface area contributed by atoms with Crippen LogP contribution in [0.4, 0.5) is 0 Å². The molecular weight excluding hydrogens is 1080 g/mol. The van der Waals surface area contributed by atoms with E-state index in [2.05, 4.69) is 221 Å². The van der Waals surface area contributed by atoms with Crippen LogP contribution in [0.25, 0.3) is 123 Å². The number of hydrogen-bond acceptors (Lipinski definition) is 3. The van der Waals surface area contributed by atoms with Gasteiger partial charge in [0.1, 0.15) is 0 Å². The average Bonchev–Trinajstić information content (AvgIpc) is 3.51. The molecule has 3 heterocycles. The van der Waals surface area contributed by atoms with Gasteiger partial charge in [-0.05, 0) is 110 Å². The van der Waals surface area contributed by atoms with E-state index < -0.39 is 6.85 Å². The zero-order valence-electron chi connectivity index (χ0n) is 43.0. The smallest absolute Gasteiger partial charge is 0.305 e. The van der Waals surface area contributed by atoms with Crippen LogP contribution < -0.4 is 0 Å². The first kappa shape index (κ1) is 43.8. The molecular formula is C70H46IrN3. The van der Waals surface area contributed by atoms with Crippen LogP contribution in [-0.2, 0) is 20.1 Å². The minimum Gasteiger partial charge on any atom is -0.305 e. The Morgan fingerprint density at radius 3 is 1.20 bits per heavy atom. The van der Waals surface area contributed by atoms with E-state index in [-0.39, 0.29) is 25.7 Å². The van der Waals surface area contributed by atoms with Crippen molar-refractivity contribution in [2.24, 2.45) is 0 Å². The van der Waals surface area contributed by atoms with Gasteiger partial charge in [0.25, 0.3) is 0 Å². The molecule has 0 saturated carbocycles. The predicted molar refractivity (Wildman–Crippen MR) is 301 cm³/mol. The Kier molecular flexibility index (Phi) is 12.7. The Bertz CT molecular complexity index is 3830. The summed E-state index contributed by atoms with van der Waals surface area (Å²) >= 11 is 0. The van der Waals surface area contributed by atoms with Gasteiger partial charge in [0.15, 0.2) is 0 Å². The van der Waals surface area contributed by atoms with Crippen molar-refractivity contribution >= 4 is 0 Å². The molecule has 0 saturated heterocycles. The molecule has 0 radical (unpaired) electrons. The van der Waals surface area contributed by atoms with Crippen LogP contribution in [-0.4, -0.2) is 15.0 Å². The van der Waals surface area contributed by atoms with E-state index >= 15 is 0 Å². The van der Waals surface area contributed by atoms with E-state index in [1.165, 1.54) is 6.20 Å². The van der Waals surface area contributed by atoms with E-state index in [0.717, 1.165) is 117 Å². The summed E-state index contributed by atoms with van der Waals surface area (Å²) in [6, 6.07) is 94.5. The Balaban J connectivity index is 0.00000631. The van der Waals surface area contributed by atoms with Crippen molar-refractivity contribution in [3.8, 4) is 123 Å². The van der Waals surface area contributed by atoms with Gasteiger partial charge in [-0.25, -0.2) is 0 Å². The molecule has 350 valence electrons. The van der Waals surface area contributed by atoms with Crippen molar-refractivity contribution in [2.75, 3.05) is 0 Å². The second kappa shape index (κ2) is 21.4. The molecule has 0 unspecified atom stereocenters. The normalized spacial score (nSPS) is 11.7. The fraction of sp³-hybridized carbons (Fsp3) is 0.0143. The maximum Gasteiger partial charge on any atom is 3.00 e. The van der Waals surface area contributed by atoms with Crippen LogP contribution in [0.3, 0.4) is 0 Å². The first-order valence-electron chi connectivity index (χ1n) is 25.8. The molecule has 3 aromatic heterocycles. The fourth-order valence-electron chi connectivity index (χ4n) is 9.71. The van der Waals surface area contributed by atoms with E-state index in [1.807, 2.05) is 54.9 Å². The van der Waals surface area contributed by atoms with Crippen LogP contribution in [0.1, 0.15) is 9.68 Å². The van der Waals surface area contributed by atoms with Gasteiger partial charge >= 0.3 is 20.1 Å². The number of nitrogens with zero attached hydrogens (tertiary/aromatic N) is 3. The van der Waals surface area contributed by atoms with Gasteiger partial charge in [-0.15, -0.1) is 83.4 Å². The molecule has 0 bridgehead atoms. The molecule has 0 aliphatic carbocycles. The average molecular weight is 1120 g/mol. The summed E-state index contributed by atoms with van der Waals surface area (Å²) in [7, 11) is 0. The Morgan fingerprint density at radius 2 is 0.730 bits per heavy atom. The summed E-state index contributed by atoms with van der Waals surface area (Å²) in [5.41, 5.74) is 22.1. The zero-order valence-corrected chi connectivity index (χ0v) is 42.4. The number of rotatable bonds is 11. The maximum absolute atomic E-state index is 7.96. The summed E-state index contributed by atoms with van der Waals surface area (Å²) in [4.78, 5) is 13.8. The monoisotopic (exact) mass is 1120 g/mol. The summed E-state index contributed by atoms with van der Waals surface area (Å²) in [5, 5.41) is 0. The fourth-order valence-corrected chi connectivity index (χ4v) is 9.71. The van der Waals surface area contributed by atoms with Crippen LogP contribution in [0.15, 0.2) is 261 Å². The third-order valence-electron chi connectivity index (χ3n) is 13.4. The predicted octanol–water partition coefficient (Wildman–Crippen LogP) is 17.9. The van der Waals surface area contributed by atoms with E-state index in [1.54, 1.807) is 12.1 Å². The molecule has 0 spiro atoms. The number of aryl methyl sites for hydroxylation is 1. The Labute approximate surface area is 451 Å². The van der Waals surface area contributed by atoms with Crippen molar-refractivity contribution < 1.29 is 24.2 Å². The minimum atomic E-state index is -2.26. The number of benzene rings is 9. The molecule has 0 amide bonds. The molecule has 3 nitrogen and oxygen atoms in total. The second-order valence-electron chi connectivity index (χ2n) is 17.9. The minimum absolute atomic E-state index is 0. The van der Waals surface area contributed by atoms with Crippen molar-refractivity contribution in [3.63, 3.8) is 0 Å². The topological polar surface area (TPSA) is 38.7 Å². The van der Waals surface area contributed by atoms with Gasteiger partial charge in [0.05, 0.1) is 0 Å². The van der Waals surface area contributed by atoms with Gasteiger partial charge < -0.3 is 15.0 Å². The maximum atomic E-state index is 7.96. The number of aromatic nitrogens is 3. The van der Waals surface area contributed by atoms with Gasteiger partial charge in [-0.1, -0.05) is 203 Å². The Morgan fingerprint density at radius 1 is 0.297 bits per heavy atom. The van der Waals surface area contributed by atoms with Crippen molar-refractivity contribution in [3.05, 3.63) is 285 Å². The van der Waals surface area contributed by atoms with Gasteiger partial charge in [-0.3, -0.25) is 0 Å². The van der Waals surface area contributed by atoms with Crippen molar-refractivity contribution in [1.82, 2.24) is 15.0 Å². The molecule has 74 heavy (non-hydrogen) atoms. The third kappa shape index (κ3) is 9.85. The van der Waals surface area contributed by atoms with E-state index in [4.69, 9.17) is 4.11 Å². The van der Waals surface area contributed by atoms with Crippen molar-refractivity contribution in [1.29, 1.82) is 0 Å². The summed E-state index contributed by atoms with van der Waals surface area (Å²) in [6.45, 7) is -2.26. The molecule has 12 rings (SSSR count). The molecule has 4 heteroatoms.